The molecule has 1 amide bonds. The molecule has 2 N–H and O–H groups in total. The summed E-state index contributed by atoms with van der Waals surface area (Å²) in [5.41, 5.74) is 7.81. The molecule has 1 aromatic heterocycles. The molecule has 25 heavy (non-hydrogen) atoms. The van der Waals surface area contributed by atoms with E-state index in [2.05, 4.69) is 33.9 Å². The molecule has 1 fully saturated rings. The Bertz CT molecular complexity index is 706. The van der Waals surface area contributed by atoms with Crippen molar-refractivity contribution in [1.29, 1.82) is 0 Å². The van der Waals surface area contributed by atoms with Crippen LogP contribution in [0.3, 0.4) is 0 Å². The number of nitrogens with zero attached hydrogens (tertiary/aromatic N) is 4. The largest absolute Gasteiger partial charge is 0.368 e. The number of benzene rings is 1. The van der Waals surface area contributed by atoms with Crippen LogP contribution < -0.4 is 10.6 Å². The molecule has 2 aromatic rings. The number of hydrogen-bond donors (Lipinski definition) is 1. The van der Waals surface area contributed by atoms with Crippen LogP contribution in [-0.2, 0) is 4.79 Å². The lowest BCUT2D eigenvalue weighted by Gasteiger charge is -2.36. The molecule has 1 saturated heterocycles. The van der Waals surface area contributed by atoms with Crippen molar-refractivity contribution in [2.24, 2.45) is 0 Å². The van der Waals surface area contributed by atoms with Crippen molar-refractivity contribution in [3.63, 3.8) is 0 Å². The molecule has 1 aliphatic rings. The van der Waals surface area contributed by atoms with E-state index < -0.39 is 0 Å². The van der Waals surface area contributed by atoms with Gasteiger partial charge in [0.25, 0.3) is 0 Å². The molecule has 6 nitrogen and oxygen atoms in total. The molecule has 0 radical (unpaired) electrons. The van der Waals surface area contributed by atoms with E-state index in [1.807, 2.05) is 36.1 Å². The topological polar surface area (TPSA) is 75.3 Å². The van der Waals surface area contributed by atoms with Crippen LogP contribution in [0.5, 0.6) is 0 Å². The number of hydrogen-bond acceptors (Lipinski definition) is 5. The lowest BCUT2D eigenvalue weighted by Crippen LogP contribution is -2.49. The molecule has 132 valence electrons. The highest BCUT2D eigenvalue weighted by Crippen LogP contribution is 2.21. The Balaban J connectivity index is 1.55. The maximum absolute atomic E-state index is 12.6. The van der Waals surface area contributed by atoms with Gasteiger partial charge in [-0.1, -0.05) is 37.3 Å². The summed E-state index contributed by atoms with van der Waals surface area (Å²) in [5, 5.41) is 0. The highest BCUT2D eigenvalue weighted by molar-refractivity contribution is 5.77. The van der Waals surface area contributed by atoms with Gasteiger partial charge in [-0.3, -0.25) is 4.79 Å². The van der Waals surface area contributed by atoms with E-state index in [1.54, 1.807) is 0 Å². The molecule has 1 aliphatic heterocycles. The van der Waals surface area contributed by atoms with Gasteiger partial charge in [-0.05, 0) is 18.4 Å². The summed E-state index contributed by atoms with van der Waals surface area (Å²) >= 11 is 0. The van der Waals surface area contributed by atoms with E-state index in [-0.39, 0.29) is 11.8 Å². The highest BCUT2D eigenvalue weighted by Gasteiger charge is 2.23. The normalized spacial score (nSPS) is 15.9. The molecular formula is C19H25N5O. The van der Waals surface area contributed by atoms with Crippen molar-refractivity contribution in [1.82, 2.24) is 14.9 Å². The molecule has 3 rings (SSSR count). The zero-order valence-electron chi connectivity index (χ0n) is 14.9. The Labute approximate surface area is 148 Å². The second-order valence-corrected chi connectivity index (χ2v) is 6.61. The predicted octanol–water partition coefficient (Wildman–Crippen LogP) is 2.21. The highest BCUT2D eigenvalue weighted by atomic mass is 16.2. The van der Waals surface area contributed by atoms with Crippen molar-refractivity contribution in [3.05, 3.63) is 47.7 Å². The van der Waals surface area contributed by atoms with Crippen LogP contribution in [0.4, 0.5) is 11.8 Å². The van der Waals surface area contributed by atoms with Gasteiger partial charge in [-0.2, -0.15) is 4.98 Å². The number of aryl methyl sites for hydroxylation is 1. The van der Waals surface area contributed by atoms with Crippen molar-refractivity contribution in [3.8, 4) is 0 Å². The minimum atomic E-state index is 0.217. The van der Waals surface area contributed by atoms with E-state index >= 15 is 0 Å². The van der Waals surface area contributed by atoms with Crippen LogP contribution in [0.25, 0.3) is 0 Å². The van der Waals surface area contributed by atoms with E-state index in [0.29, 0.717) is 25.5 Å². The second kappa shape index (κ2) is 7.51. The number of aromatic nitrogens is 2. The van der Waals surface area contributed by atoms with E-state index in [9.17, 15) is 4.79 Å². The Morgan fingerprint density at radius 2 is 1.84 bits per heavy atom. The minimum Gasteiger partial charge on any atom is -0.368 e. The van der Waals surface area contributed by atoms with E-state index in [4.69, 9.17) is 5.73 Å². The van der Waals surface area contributed by atoms with Gasteiger partial charge in [-0.15, -0.1) is 0 Å². The first kappa shape index (κ1) is 17.2. The number of anilines is 2. The minimum absolute atomic E-state index is 0.217. The van der Waals surface area contributed by atoms with Gasteiger partial charge in [0.15, 0.2) is 0 Å². The summed E-state index contributed by atoms with van der Waals surface area (Å²) < 4.78 is 0. The third-order valence-corrected chi connectivity index (χ3v) is 4.66. The molecule has 1 aromatic carbocycles. The molecule has 0 saturated carbocycles. The van der Waals surface area contributed by atoms with Crippen LogP contribution in [-0.4, -0.2) is 47.0 Å². The van der Waals surface area contributed by atoms with E-state index in [1.165, 1.54) is 5.56 Å². The smallest absolute Gasteiger partial charge is 0.223 e. The fourth-order valence-corrected chi connectivity index (χ4v) is 3.21. The van der Waals surface area contributed by atoms with Crippen LogP contribution in [0, 0.1) is 6.92 Å². The molecule has 0 spiro atoms. The number of rotatable bonds is 4. The Morgan fingerprint density at radius 3 is 2.48 bits per heavy atom. The Hall–Kier alpha value is -2.63. The monoisotopic (exact) mass is 339 g/mol. The summed E-state index contributed by atoms with van der Waals surface area (Å²) in [6.45, 7) is 6.97. The van der Waals surface area contributed by atoms with Crippen molar-refractivity contribution < 1.29 is 4.79 Å². The van der Waals surface area contributed by atoms with Crippen molar-refractivity contribution >= 4 is 17.7 Å². The third-order valence-electron chi connectivity index (χ3n) is 4.66. The molecule has 0 unspecified atom stereocenters. The quantitative estimate of drug-likeness (QED) is 0.924. The molecular weight excluding hydrogens is 314 g/mol. The van der Waals surface area contributed by atoms with Gasteiger partial charge in [0, 0.05) is 44.4 Å². The molecule has 0 aliphatic carbocycles. The summed E-state index contributed by atoms with van der Waals surface area (Å²) in [6.07, 6.45) is 0.545. The predicted molar refractivity (Wildman–Crippen MR) is 99.4 cm³/mol. The van der Waals surface area contributed by atoms with Crippen LogP contribution in [0.1, 0.15) is 30.5 Å². The average molecular weight is 339 g/mol. The van der Waals surface area contributed by atoms with Gasteiger partial charge < -0.3 is 15.5 Å². The van der Waals surface area contributed by atoms with Gasteiger partial charge in [0.1, 0.15) is 5.82 Å². The van der Waals surface area contributed by atoms with Crippen molar-refractivity contribution in [2.75, 3.05) is 36.8 Å². The fraction of sp³-hybridized carbons (Fsp3) is 0.421. The second-order valence-electron chi connectivity index (χ2n) is 6.61. The van der Waals surface area contributed by atoms with E-state index in [0.717, 1.165) is 24.6 Å². The Kier molecular flexibility index (Phi) is 5.16. The number of nitrogen functional groups attached to an aromatic ring is 1. The first-order valence-electron chi connectivity index (χ1n) is 8.72. The zero-order valence-corrected chi connectivity index (χ0v) is 14.9. The summed E-state index contributed by atoms with van der Waals surface area (Å²) in [6, 6.07) is 12.1. The van der Waals surface area contributed by atoms with Crippen molar-refractivity contribution in [2.45, 2.75) is 26.2 Å². The molecule has 6 heteroatoms. The summed E-state index contributed by atoms with van der Waals surface area (Å²) in [4.78, 5) is 25.1. The lowest BCUT2D eigenvalue weighted by atomic mass is 9.97. The number of carbonyl (C=O) groups excluding carboxylic acids is 1. The van der Waals surface area contributed by atoms with Gasteiger partial charge in [-0.25, -0.2) is 4.98 Å². The molecule has 0 bridgehead atoms. The number of piperazine rings is 1. The van der Waals surface area contributed by atoms with Gasteiger partial charge in [0.05, 0.1) is 0 Å². The third kappa shape index (κ3) is 4.26. The van der Waals surface area contributed by atoms with Crippen LogP contribution >= 0.6 is 0 Å². The SMILES string of the molecule is Cc1cc(N2CCN(C(=O)C[C@H](C)c3ccccc3)CC2)nc(N)n1. The summed E-state index contributed by atoms with van der Waals surface area (Å²) in [5.74, 6) is 1.59. The number of nitrogens with two attached hydrogens (primary N) is 1. The Morgan fingerprint density at radius 1 is 1.16 bits per heavy atom. The van der Waals surface area contributed by atoms with Gasteiger partial charge >= 0.3 is 0 Å². The van der Waals surface area contributed by atoms with Crippen LogP contribution in [0.15, 0.2) is 36.4 Å². The average Bonchev–Trinajstić information content (AvgIpc) is 2.61. The first-order chi connectivity index (χ1) is 12.0. The zero-order chi connectivity index (χ0) is 17.8. The molecule has 1 atom stereocenters. The number of carbonyl (C=O) groups is 1. The molecule has 2 heterocycles. The lowest BCUT2D eigenvalue weighted by molar-refractivity contribution is -0.131. The number of amides is 1. The fourth-order valence-electron chi connectivity index (χ4n) is 3.21. The summed E-state index contributed by atoms with van der Waals surface area (Å²) in [7, 11) is 0. The first-order valence-corrected chi connectivity index (χ1v) is 8.72. The van der Waals surface area contributed by atoms with Crippen LogP contribution in [0.2, 0.25) is 0 Å². The maximum atomic E-state index is 12.6. The standard InChI is InChI=1S/C19H25N5O/c1-14(16-6-4-3-5-7-16)12-18(25)24-10-8-23(9-11-24)17-13-15(2)21-19(20)22-17/h3-7,13-14H,8-12H2,1-2H3,(H2,20,21,22)/t14-/m0/s1. The maximum Gasteiger partial charge on any atom is 0.223 e. The van der Waals surface area contributed by atoms with Gasteiger partial charge in [0.2, 0.25) is 11.9 Å².